The Morgan fingerprint density at radius 1 is 1.47 bits per heavy atom. The van der Waals surface area contributed by atoms with Crippen LogP contribution in [0.15, 0.2) is 22.7 Å². The van der Waals surface area contributed by atoms with Gasteiger partial charge in [-0.1, -0.05) is 22.4 Å². The third-order valence-electron chi connectivity index (χ3n) is 3.59. The molecule has 0 heterocycles. The maximum atomic E-state index is 12.2. The predicted molar refractivity (Wildman–Crippen MR) is 83.1 cm³/mol. The van der Waals surface area contributed by atoms with E-state index < -0.39 is 0 Å². The lowest BCUT2D eigenvalue weighted by Gasteiger charge is -2.19. The molecule has 1 fully saturated rings. The largest absolute Gasteiger partial charge is 0.496 e. The molecule has 19 heavy (non-hydrogen) atoms. The number of hydrogen-bond acceptors (Lipinski definition) is 2. The van der Waals surface area contributed by atoms with Gasteiger partial charge < -0.3 is 10.1 Å². The third-order valence-corrected chi connectivity index (χ3v) is 5.04. The fourth-order valence-electron chi connectivity index (χ4n) is 2.47. The number of alkyl halides is 1. The summed E-state index contributed by atoms with van der Waals surface area (Å²) in [4.78, 5) is 12.2. The van der Waals surface area contributed by atoms with Gasteiger partial charge in [0.1, 0.15) is 5.75 Å². The van der Waals surface area contributed by atoms with Gasteiger partial charge in [0.15, 0.2) is 0 Å². The summed E-state index contributed by atoms with van der Waals surface area (Å²) in [5, 5.41) is 4.08. The van der Waals surface area contributed by atoms with Crippen LogP contribution in [0.1, 0.15) is 29.6 Å². The zero-order valence-corrected chi connectivity index (χ0v) is 14.0. The van der Waals surface area contributed by atoms with Crippen molar-refractivity contribution in [1.29, 1.82) is 0 Å². The number of amides is 1. The van der Waals surface area contributed by atoms with Crippen molar-refractivity contribution in [2.75, 3.05) is 12.4 Å². The van der Waals surface area contributed by atoms with Gasteiger partial charge in [0.2, 0.25) is 0 Å². The smallest absolute Gasteiger partial charge is 0.251 e. The Hall–Kier alpha value is -0.550. The second kappa shape index (κ2) is 6.75. The maximum Gasteiger partial charge on any atom is 0.251 e. The summed E-state index contributed by atoms with van der Waals surface area (Å²) < 4.78 is 5.96. The molecule has 1 amide bonds. The first-order chi connectivity index (χ1) is 9.15. The average Bonchev–Trinajstić information content (AvgIpc) is 2.85. The molecule has 0 saturated heterocycles. The Morgan fingerprint density at radius 3 is 2.89 bits per heavy atom. The molecule has 2 rings (SSSR count). The van der Waals surface area contributed by atoms with Crippen LogP contribution in [0.3, 0.4) is 0 Å². The Kier molecular flexibility index (Phi) is 5.28. The molecular weight excluding hydrogens is 374 g/mol. The number of rotatable bonds is 4. The summed E-state index contributed by atoms with van der Waals surface area (Å²) >= 11 is 6.92. The average molecular weight is 391 g/mol. The van der Waals surface area contributed by atoms with Crippen LogP contribution in [0, 0.1) is 5.92 Å². The van der Waals surface area contributed by atoms with Crippen molar-refractivity contribution >= 4 is 37.8 Å². The quantitative estimate of drug-likeness (QED) is 0.795. The molecule has 1 aliphatic carbocycles. The van der Waals surface area contributed by atoms with Gasteiger partial charge in [-0.05, 0) is 52.9 Å². The molecule has 2 unspecified atom stereocenters. The molecule has 104 valence electrons. The molecule has 3 nitrogen and oxygen atoms in total. The lowest BCUT2D eigenvalue weighted by atomic mass is 10.1. The highest BCUT2D eigenvalue weighted by atomic mass is 79.9. The van der Waals surface area contributed by atoms with Crippen LogP contribution in [-0.2, 0) is 0 Å². The molecule has 0 aliphatic heterocycles. The molecule has 2 atom stereocenters. The number of benzene rings is 1. The van der Waals surface area contributed by atoms with E-state index in [1.54, 1.807) is 25.3 Å². The first kappa shape index (κ1) is 14.9. The molecule has 0 spiro atoms. The van der Waals surface area contributed by atoms with Gasteiger partial charge in [0, 0.05) is 16.9 Å². The minimum Gasteiger partial charge on any atom is -0.496 e. The summed E-state index contributed by atoms with van der Waals surface area (Å²) in [5.41, 5.74) is 0.660. The highest BCUT2D eigenvalue weighted by Gasteiger charge is 2.27. The van der Waals surface area contributed by atoms with Crippen molar-refractivity contribution < 1.29 is 9.53 Å². The molecule has 1 N–H and O–H groups in total. The van der Waals surface area contributed by atoms with E-state index >= 15 is 0 Å². The van der Waals surface area contributed by atoms with Gasteiger partial charge in [-0.2, -0.15) is 0 Å². The molecule has 0 radical (unpaired) electrons. The van der Waals surface area contributed by atoms with Crippen molar-refractivity contribution in [3.63, 3.8) is 0 Å². The zero-order valence-electron chi connectivity index (χ0n) is 10.8. The van der Waals surface area contributed by atoms with Crippen LogP contribution in [0.25, 0.3) is 0 Å². The Balaban J connectivity index is 2.05. The second-order valence-corrected chi connectivity index (χ2v) is 6.28. The summed E-state index contributed by atoms with van der Waals surface area (Å²) in [6.45, 7) is 0. The number of carbonyl (C=O) groups excluding carboxylic acids is 1. The van der Waals surface area contributed by atoms with Gasteiger partial charge in [-0.3, -0.25) is 4.79 Å². The van der Waals surface area contributed by atoms with Crippen LogP contribution in [0.2, 0.25) is 0 Å². The van der Waals surface area contributed by atoms with Crippen LogP contribution < -0.4 is 10.1 Å². The first-order valence-electron chi connectivity index (χ1n) is 6.36. The monoisotopic (exact) mass is 389 g/mol. The minimum absolute atomic E-state index is 0.0128. The third kappa shape index (κ3) is 3.51. The van der Waals surface area contributed by atoms with E-state index in [0.717, 1.165) is 22.0 Å². The van der Waals surface area contributed by atoms with Gasteiger partial charge in [0.05, 0.1) is 11.6 Å². The van der Waals surface area contributed by atoms with E-state index in [4.69, 9.17) is 4.74 Å². The lowest BCUT2D eigenvalue weighted by Crippen LogP contribution is -2.37. The molecule has 0 bridgehead atoms. The van der Waals surface area contributed by atoms with Crippen molar-refractivity contribution in [1.82, 2.24) is 5.32 Å². The summed E-state index contributed by atoms with van der Waals surface area (Å²) in [7, 11) is 1.61. The van der Waals surface area contributed by atoms with Crippen molar-refractivity contribution in [3.05, 3.63) is 28.2 Å². The van der Waals surface area contributed by atoms with Gasteiger partial charge in [0.25, 0.3) is 5.91 Å². The van der Waals surface area contributed by atoms with E-state index in [9.17, 15) is 4.79 Å². The molecule has 0 aromatic heterocycles. The van der Waals surface area contributed by atoms with Crippen LogP contribution in [0.5, 0.6) is 5.75 Å². The Bertz CT molecular complexity index is 465. The summed E-state index contributed by atoms with van der Waals surface area (Å²) in [5.74, 6) is 1.27. The SMILES string of the molecule is COc1ccc(C(=O)NC2CCCC2CBr)cc1Br. The molecule has 1 aromatic carbocycles. The Morgan fingerprint density at radius 2 is 2.26 bits per heavy atom. The van der Waals surface area contributed by atoms with Gasteiger partial charge in [-0.15, -0.1) is 0 Å². The number of halogens is 2. The number of carbonyl (C=O) groups is 1. The zero-order chi connectivity index (χ0) is 13.8. The number of hydrogen-bond donors (Lipinski definition) is 1. The number of ether oxygens (including phenoxy) is 1. The van der Waals surface area contributed by atoms with Crippen LogP contribution in [0.4, 0.5) is 0 Å². The fourth-order valence-corrected chi connectivity index (χ4v) is 3.79. The molecule has 1 aliphatic rings. The highest BCUT2D eigenvalue weighted by molar-refractivity contribution is 9.10. The molecular formula is C14H17Br2NO2. The van der Waals surface area contributed by atoms with Crippen LogP contribution >= 0.6 is 31.9 Å². The molecule has 1 aromatic rings. The van der Waals surface area contributed by atoms with Crippen molar-refractivity contribution in [2.45, 2.75) is 25.3 Å². The van der Waals surface area contributed by atoms with Gasteiger partial charge >= 0.3 is 0 Å². The fraction of sp³-hybridized carbons (Fsp3) is 0.500. The summed E-state index contributed by atoms with van der Waals surface area (Å²) in [6.07, 6.45) is 3.44. The standard InChI is InChI=1S/C14H17Br2NO2/c1-19-13-6-5-9(7-11(13)16)14(18)17-12-4-2-3-10(12)8-15/h5-7,10,12H,2-4,8H2,1H3,(H,17,18). The van der Waals surface area contributed by atoms with E-state index in [1.165, 1.54) is 12.8 Å². The lowest BCUT2D eigenvalue weighted by molar-refractivity contribution is 0.0930. The molecule has 5 heteroatoms. The maximum absolute atomic E-state index is 12.2. The normalized spacial score (nSPS) is 22.3. The Labute approximate surface area is 130 Å². The van der Waals surface area contributed by atoms with E-state index in [2.05, 4.69) is 37.2 Å². The van der Waals surface area contributed by atoms with E-state index in [1.807, 2.05) is 0 Å². The molecule has 1 saturated carbocycles. The topological polar surface area (TPSA) is 38.3 Å². The van der Waals surface area contributed by atoms with E-state index in [0.29, 0.717) is 11.5 Å². The second-order valence-electron chi connectivity index (χ2n) is 4.77. The highest BCUT2D eigenvalue weighted by Crippen LogP contribution is 2.28. The minimum atomic E-state index is -0.0128. The van der Waals surface area contributed by atoms with E-state index in [-0.39, 0.29) is 11.9 Å². The number of methoxy groups -OCH3 is 1. The van der Waals surface area contributed by atoms with Gasteiger partial charge in [-0.25, -0.2) is 0 Å². The number of nitrogens with one attached hydrogen (secondary N) is 1. The van der Waals surface area contributed by atoms with Crippen molar-refractivity contribution in [3.8, 4) is 5.75 Å². The van der Waals surface area contributed by atoms with Crippen LogP contribution in [-0.4, -0.2) is 24.4 Å². The first-order valence-corrected chi connectivity index (χ1v) is 8.27. The summed E-state index contributed by atoms with van der Waals surface area (Å²) in [6, 6.07) is 5.67. The predicted octanol–water partition coefficient (Wildman–Crippen LogP) is 3.75. The van der Waals surface area contributed by atoms with Crippen molar-refractivity contribution in [2.24, 2.45) is 5.92 Å².